The fourth-order valence-corrected chi connectivity index (χ4v) is 5.15. The number of benzene rings is 2. The zero-order valence-electron chi connectivity index (χ0n) is 19.0. The Labute approximate surface area is 207 Å². The molecule has 1 saturated carbocycles. The number of primary amides is 1. The van der Waals surface area contributed by atoms with Gasteiger partial charge in [0, 0.05) is 18.0 Å². The van der Waals surface area contributed by atoms with Crippen molar-refractivity contribution in [2.45, 2.75) is 19.8 Å². The van der Waals surface area contributed by atoms with Gasteiger partial charge in [-0.25, -0.2) is 14.4 Å². The van der Waals surface area contributed by atoms with Gasteiger partial charge in [-0.1, -0.05) is 11.3 Å². The highest BCUT2D eigenvalue weighted by Crippen LogP contribution is 2.49. The molecule has 1 fully saturated rings. The number of hydrogen-bond acceptors (Lipinski definition) is 7. The van der Waals surface area contributed by atoms with Gasteiger partial charge in [0.1, 0.15) is 22.7 Å². The topological polar surface area (TPSA) is 127 Å². The van der Waals surface area contributed by atoms with E-state index in [-0.39, 0.29) is 0 Å². The van der Waals surface area contributed by atoms with Crippen LogP contribution in [0.4, 0.5) is 15.2 Å². The number of rotatable bonds is 6. The lowest BCUT2D eigenvalue weighted by Gasteiger charge is -2.23. The number of aryl methyl sites for hydroxylation is 1. The Morgan fingerprint density at radius 2 is 1.94 bits per heavy atom. The van der Waals surface area contributed by atoms with Crippen molar-refractivity contribution in [3.05, 3.63) is 66.2 Å². The van der Waals surface area contributed by atoms with E-state index in [0.717, 1.165) is 15.8 Å². The van der Waals surface area contributed by atoms with Gasteiger partial charge in [0.05, 0.1) is 21.3 Å². The maximum atomic E-state index is 13.6. The molecule has 0 bridgehead atoms. The summed E-state index contributed by atoms with van der Waals surface area (Å²) in [6.45, 7) is 1.89. The number of amides is 2. The van der Waals surface area contributed by atoms with Crippen LogP contribution in [-0.2, 0) is 9.59 Å². The van der Waals surface area contributed by atoms with Crippen molar-refractivity contribution in [3.8, 4) is 11.5 Å². The number of hydrogen-bond donors (Lipinski definition) is 2. The lowest BCUT2D eigenvalue weighted by Crippen LogP contribution is -2.41. The average molecular weight is 503 g/mol. The number of aromatic amines is 1. The van der Waals surface area contributed by atoms with Gasteiger partial charge in [-0.05, 0) is 62.2 Å². The lowest BCUT2D eigenvalue weighted by atomic mass is 10.0. The number of thiazole rings is 1. The number of ether oxygens (including phenoxy) is 1. The van der Waals surface area contributed by atoms with E-state index in [1.54, 1.807) is 24.4 Å². The Bertz CT molecular complexity index is 1660. The molecule has 180 valence electrons. The molecule has 5 aromatic rings. The molecule has 2 aromatic carbocycles. The van der Waals surface area contributed by atoms with Gasteiger partial charge < -0.3 is 10.5 Å². The van der Waals surface area contributed by atoms with Crippen LogP contribution < -0.4 is 15.4 Å². The normalized spacial score (nSPS) is 14.2. The maximum absolute atomic E-state index is 13.6. The molecule has 0 unspecified atom stereocenters. The summed E-state index contributed by atoms with van der Waals surface area (Å²) in [7, 11) is 0. The van der Waals surface area contributed by atoms with Crippen molar-refractivity contribution in [1.82, 2.24) is 20.2 Å². The highest BCUT2D eigenvalue weighted by molar-refractivity contribution is 7.22. The summed E-state index contributed by atoms with van der Waals surface area (Å²) in [4.78, 5) is 35.9. The fraction of sp³-hybridized carbons (Fsp3) is 0.160. The van der Waals surface area contributed by atoms with Crippen molar-refractivity contribution in [1.29, 1.82) is 0 Å². The number of nitrogens with one attached hydrogen (secondary N) is 1. The lowest BCUT2D eigenvalue weighted by molar-refractivity contribution is -0.133. The number of nitrogens with zero attached hydrogens (tertiary/aromatic N) is 4. The van der Waals surface area contributed by atoms with Crippen LogP contribution >= 0.6 is 11.3 Å². The number of nitrogens with two attached hydrogens (primary N) is 1. The van der Waals surface area contributed by atoms with Crippen LogP contribution in [0.15, 0.2) is 54.7 Å². The second-order valence-corrected chi connectivity index (χ2v) is 9.66. The molecule has 0 atom stereocenters. The standard InChI is InChI=1S/C25H19FN6O3S/c1-13-20-18(8-11-28-21(20)31-30-13)35-16-6-7-17-19(12-16)36-24(29-17)32(15-4-2-14(26)3-5-15)23(34)25(9-10-25)22(27)33/h2-8,11-12H,9-10H2,1H3,(H2,27,33)(H,28,30,31). The molecule has 0 radical (unpaired) electrons. The maximum Gasteiger partial charge on any atom is 0.249 e. The predicted molar refractivity (Wildman–Crippen MR) is 133 cm³/mol. The molecule has 0 aliphatic heterocycles. The number of carbonyl (C=O) groups is 2. The fourth-order valence-electron chi connectivity index (χ4n) is 4.14. The molecule has 3 heterocycles. The first-order valence-corrected chi connectivity index (χ1v) is 12.0. The van der Waals surface area contributed by atoms with Crippen LogP contribution in [0.1, 0.15) is 18.5 Å². The van der Waals surface area contributed by atoms with Gasteiger partial charge in [-0.3, -0.25) is 19.6 Å². The van der Waals surface area contributed by atoms with Crippen LogP contribution in [0.25, 0.3) is 21.3 Å². The smallest absolute Gasteiger partial charge is 0.249 e. The number of pyridine rings is 1. The number of anilines is 2. The first-order valence-electron chi connectivity index (χ1n) is 11.1. The minimum atomic E-state index is -1.27. The minimum absolute atomic E-state index is 0.350. The first kappa shape index (κ1) is 22.1. The first-order chi connectivity index (χ1) is 17.4. The van der Waals surface area contributed by atoms with Gasteiger partial charge in [-0.2, -0.15) is 5.10 Å². The Kier molecular flexibility index (Phi) is 4.97. The molecule has 1 aliphatic rings. The highest BCUT2D eigenvalue weighted by Gasteiger charge is 2.57. The number of carbonyl (C=O) groups excluding carboxylic acids is 2. The zero-order valence-corrected chi connectivity index (χ0v) is 19.8. The van der Waals surface area contributed by atoms with Crippen molar-refractivity contribution < 1.29 is 18.7 Å². The Hall–Kier alpha value is -4.38. The van der Waals surface area contributed by atoms with Crippen molar-refractivity contribution in [3.63, 3.8) is 0 Å². The quantitative estimate of drug-likeness (QED) is 0.323. The molecular formula is C25H19FN6O3S. The number of fused-ring (bicyclic) bond motifs is 2. The molecule has 0 spiro atoms. The summed E-state index contributed by atoms with van der Waals surface area (Å²) in [6.07, 6.45) is 2.37. The van der Waals surface area contributed by atoms with E-state index in [4.69, 9.17) is 10.5 Å². The van der Waals surface area contributed by atoms with Crippen molar-refractivity contribution >= 4 is 55.2 Å². The zero-order chi connectivity index (χ0) is 25.0. The molecule has 11 heteroatoms. The van der Waals surface area contributed by atoms with E-state index in [9.17, 15) is 14.0 Å². The van der Waals surface area contributed by atoms with Gasteiger partial charge in [-0.15, -0.1) is 0 Å². The third kappa shape index (κ3) is 3.55. The molecule has 9 nitrogen and oxygen atoms in total. The Balaban J connectivity index is 1.39. The molecular weight excluding hydrogens is 483 g/mol. The molecule has 6 rings (SSSR count). The Morgan fingerprint density at radius 1 is 1.17 bits per heavy atom. The summed E-state index contributed by atoms with van der Waals surface area (Å²) >= 11 is 1.26. The number of aromatic nitrogens is 4. The summed E-state index contributed by atoms with van der Waals surface area (Å²) in [5.41, 5.74) is 6.75. The monoisotopic (exact) mass is 502 g/mol. The van der Waals surface area contributed by atoms with Crippen molar-refractivity contribution in [2.75, 3.05) is 4.90 Å². The second kappa shape index (κ2) is 8.09. The number of H-pyrrole nitrogens is 1. The summed E-state index contributed by atoms with van der Waals surface area (Å²) < 4.78 is 20.5. The molecule has 36 heavy (non-hydrogen) atoms. The van der Waals surface area contributed by atoms with Crippen LogP contribution in [0.2, 0.25) is 0 Å². The van der Waals surface area contributed by atoms with Crippen LogP contribution in [0, 0.1) is 18.2 Å². The van der Waals surface area contributed by atoms with E-state index in [1.807, 2.05) is 13.0 Å². The minimum Gasteiger partial charge on any atom is -0.456 e. The van der Waals surface area contributed by atoms with Gasteiger partial charge in [0.2, 0.25) is 11.8 Å². The molecule has 3 aromatic heterocycles. The van der Waals surface area contributed by atoms with Crippen molar-refractivity contribution in [2.24, 2.45) is 11.1 Å². The second-order valence-electron chi connectivity index (χ2n) is 8.65. The molecule has 1 aliphatic carbocycles. The van der Waals surface area contributed by atoms with Gasteiger partial charge in [0.25, 0.3) is 0 Å². The molecule has 0 saturated heterocycles. The van der Waals surface area contributed by atoms with Gasteiger partial charge >= 0.3 is 0 Å². The van der Waals surface area contributed by atoms with Crippen LogP contribution in [-0.4, -0.2) is 32.0 Å². The van der Waals surface area contributed by atoms with E-state index in [0.29, 0.717) is 46.3 Å². The summed E-state index contributed by atoms with van der Waals surface area (Å²) in [5, 5.41) is 8.21. The van der Waals surface area contributed by atoms with Gasteiger partial charge in [0.15, 0.2) is 10.8 Å². The third-order valence-electron chi connectivity index (χ3n) is 6.28. The molecule has 3 N–H and O–H groups in total. The SMILES string of the molecule is Cc1[nH]nc2nccc(Oc3ccc4nc(N(C(=O)C5(C(N)=O)CC5)c5ccc(F)cc5)sc4c3)c12. The van der Waals surface area contributed by atoms with Crippen LogP contribution in [0.5, 0.6) is 11.5 Å². The van der Waals surface area contributed by atoms with E-state index < -0.39 is 23.0 Å². The van der Waals surface area contributed by atoms with Crippen LogP contribution in [0.3, 0.4) is 0 Å². The number of halogens is 1. The highest BCUT2D eigenvalue weighted by atomic mass is 32.1. The van der Waals surface area contributed by atoms with E-state index in [2.05, 4.69) is 20.2 Å². The van der Waals surface area contributed by atoms with E-state index >= 15 is 0 Å². The summed E-state index contributed by atoms with van der Waals surface area (Å²) in [6, 6.07) is 12.6. The predicted octanol–water partition coefficient (Wildman–Crippen LogP) is 4.74. The average Bonchev–Trinajstić information content (AvgIpc) is 3.46. The largest absolute Gasteiger partial charge is 0.456 e. The molecule has 2 amide bonds. The third-order valence-corrected chi connectivity index (χ3v) is 7.29. The summed E-state index contributed by atoms with van der Waals surface area (Å²) in [5.74, 6) is -0.399. The Morgan fingerprint density at radius 3 is 2.67 bits per heavy atom. The van der Waals surface area contributed by atoms with E-state index in [1.165, 1.54) is 40.5 Å².